The summed E-state index contributed by atoms with van der Waals surface area (Å²) in [5.74, 6) is 2.14. The molecule has 34 heavy (non-hydrogen) atoms. The van der Waals surface area contributed by atoms with Crippen molar-refractivity contribution < 1.29 is 18.9 Å². The van der Waals surface area contributed by atoms with Crippen LogP contribution in [0.15, 0.2) is 36.5 Å². The first-order chi connectivity index (χ1) is 16.7. The monoisotopic (exact) mass is 460 g/mol. The van der Waals surface area contributed by atoms with E-state index in [1.54, 1.807) is 13.3 Å². The molecule has 2 fully saturated rings. The van der Waals surface area contributed by atoms with Gasteiger partial charge in [0.15, 0.2) is 11.5 Å². The third kappa shape index (κ3) is 4.76. The number of hydrogen-bond acceptors (Lipinski definition) is 8. The van der Waals surface area contributed by atoms with Crippen molar-refractivity contribution >= 4 is 16.9 Å². The number of methoxy groups -OCH3 is 1. The van der Waals surface area contributed by atoms with E-state index in [2.05, 4.69) is 16.0 Å². The van der Waals surface area contributed by atoms with Gasteiger partial charge in [0.2, 0.25) is 0 Å². The van der Waals surface area contributed by atoms with Gasteiger partial charge in [-0.05, 0) is 48.6 Å². The van der Waals surface area contributed by atoms with Gasteiger partial charge in [0, 0.05) is 19.7 Å². The zero-order chi connectivity index (χ0) is 23.3. The summed E-state index contributed by atoms with van der Waals surface area (Å²) in [5, 5.41) is 10.0. The third-order valence-electron chi connectivity index (χ3n) is 6.31. The number of fused-ring (bicyclic) bond motifs is 1. The average molecular weight is 461 g/mol. The standard InChI is InChI=1S/C26H28N4O4/c1-31-24-14-18(4-7-23(24)34-17-20-3-2-10-33-20)13-19-5-6-22-26(21(19)15-27)29-25(16-28-22)30-8-11-32-12-9-30/h4-7,14,16,20H,2-3,8-13,17H2,1H3. The number of anilines is 1. The van der Waals surface area contributed by atoms with Crippen LogP contribution in [0.4, 0.5) is 5.82 Å². The lowest BCUT2D eigenvalue weighted by Gasteiger charge is -2.27. The van der Waals surface area contributed by atoms with Crippen molar-refractivity contribution in [2.45, 2.75) is 25.4 Å². The Balaban J connectivity index is 1.39. The van der Waals surface area contributed by atoms with Gasteiger partial charge in [-0.3, -0.25) is 4.98 Å². The first-order valence-corrected chi connectivity index (χ1v) is 11.7. The van der Waals surface area contributed by atoms with Crippen LogP contribution in [-0.2, 0) is 15.9 Å². The highest BCUT2D eigenvalue weighted by Crippen LogP contribution is 2.31. The van der Waals surface area contributed by atoms with E-state index in [1.807, 2.05) is 30.3 Å². The molecule has 0 N–H and O–H groups in total. The van der Waals surface area contributed by atoms with Crippen LogP contribution in [0, 0.1) is 11.3 Å². The lowest BCUT2D eigenvalue weighted by atomic mass is 9.98. The van der Waals surface area contributed by atoms with Gasteiger partial charge in [0.1, 0.15) is 24.0 Å². The van der Waals surface area contributed by atoms with Crippen LogP contribution in [0.2, 0.25) is 0 Å². The van der Waals surface area contributed by atoms with Gasteiger partial charge in [0.25, 0.3) is 0 Å². The van der Waals surface area contributed by atoms with Crippen molar-refractivity contribution in [1.82, 2.24) is 9.97 Å². The van der Waals surface area contributed by atoms with Crippen LogP contribution >= 0.6 is 0 Å². The molecule has 2 aliphatic heterocycles. The Bertz CT molecular complexity index is 1200. The molecule has 8 heteroatoms. The van der Waals surface area contributed by atoms with Gasteiger partial charge < -0.3 is 23.8 Å². The van der Waals surface area contributed by atoms with Gasteiger partial charge in [-0.1, -0.05) is 12.1 Å². The fourth-order valence-electron chi connectivity index (χ4n) is 4.45. The third-order valence-corrected chi connectivity index (χ3v) is 6.31. The summed E-state index contributed by atoms with van der Waals surface area (Å²) < 4.78 is 22.6. The Labute approximate surface area is 199 Å². The van der Waals surface area contributed by atoms with Crippen molar-refractivity contribution in [3.8, 4) is 17.6 Å². The molecule has 1 unspecified atom stereocenters. The first kappa shape index (κ1) is 22.4. The van der Waals surface area contributed by atoms with Crippen molar-refractivity contribution in [2.75, 3.05) is 51.5 Å². The Kier molecular flexibility index (Phi) is 6.74. The van der Waals surface area contributed by atoms with Crippen molar-refractivity contribution in [3.63, 3.8) is 0 Å². The van der Waals surface area contributed by atoms with Crippen molar-refractivity contribution in [1.29, 1.82) is 5.26 Å². The number of nitriles is 1. The van der Waals surface area contributed by atoms with Crippen LogP contribution in [-0.4, -0.2) is 62.7 Å². The molecular weight excluding hydrogens is 432 g/mol. The van der Waals surface area contributed by atoms with E-state index >= 15 is 0 Å². The number of ether oxygens (including phenoxy) is 4. The second kappa shape index (κ2) is 10.2. The predicted octanol–water partition coefficient (Wildman–Crippen LogP) is 3.50. The molecule has 2 aromatic carbocycles. The highest BCUT2D eigenvalue weighted by Gasteiger charge is 2.19. The van der Waals surface area contributed by atoms with Crippen molar-refractivity contribution in [2.24, 2.45) is 0 Å². The SMILES string of the molecule is COc1cc(Cc2ccc3ncc(N4CCOCC4)nc3c2C#N)ccc1OCC1CCCO1. The lowest BCUT2D eigenvalue weighted by Crippen LogP contribution is -2.36. The van der Waals surface area contributed by atoms with Crippen LogP contribution in [0.3, 0.4) is 0 Å². The van der Waals surface area contributed by atoms with E-state index in [-0.39, 0.29) is 6.10 Å². The molecule has 5 rings (SSSR count). The summed E-state index contributed by atoms with van der Waals surface area (Å²) in [6.45, 7) is 4.18. The molecule has 0 aliphatic carbocycles. The quantitative estimate of drug-likeness (QED) is 0.529. The number of aromatic nitrogens is 2. The van der Waals surface area contributed by atoms with Gasteiger partial charge in [-0.15, -0.1) is 0 Å². The minimum Gasteiger partial charge on any atom is -0.493 e. The van der Waals surface area contributed by atoms with E-state index < -0.39 is 0 Å². The van der Waals surface area contributed by atoms with Gasteiger partial charge in [0.05, 0.1) is 43.7 Å². The van der Waals surface area contributed by atoms with E-state index in [0.717, 1.165) is 49.5 Å². The fourth-order valence-corrected chi connectivity index (χ4v) is 4.45. The molecule has 0 saturated carbocycles. The topological polar surface area (TPSA) is 89.7 Å². The smallest absolute Gasteiger partial charge is 0.161 e. The summed E-state index contributed by atoms with van der Waals surface area (Å²) in [6, 6.07) is 12.1. The molecule has 0 spiro atoms. The maximum absolute atomic E-state index is 10.0. The Morgan fingerprint density at radius 1 is 1.15 bits per heavy atom. The fraction of sp³-hybridized carbons (Fsp3) is 0.423. The Morgan fingerprint density at radius 3 is 2.79 bits per heavy atom. The predicted molar refractivity (Wildman–Crippen MR) is 128 cm³/mol. The van der Waals surface area contributed by atoms with Gasteiger partial charge in [-0.25, -0.2) is 4.98 Å². The second-order valence-electron chi connectivity index (χ2n) is 8.51. The molecule has 0 bridgehead atoms. The molecule has 3 aromatic rings. The number of hydrogen-bond donors (Lipinski definition) is 0. The zero-order valence-corrected chi connectivity index (χ0v) is 19.3. The summed E-state index contributed by atoms with van der Waals surface area (Å²) >= 11 is 0. The molecule has 2 saturated heterocycles. The average Bonchev–Trinajstić information content (AvgIpc) is 3.41. The van der Waals surface area contributed by atoms with Crippen LogP contribution in [0.25, 0.3) is 11.0 Å². The lowest BCUT2D eigenvalue weighted by molar-refractivity contribution is 0.0669. The summed E-state index contributed by atoms with van der Waals surface area (Å²) in [4.78, 5) is 11.5. The van der Waals surface area contributed by atoms with Crippen LogP contribution in [0.5, 0.6) is 11.5 Å². The Morgan fingerprint density at radius 2 is 2.03 bits per heavy atom. The van der Waals surface area contributed by atoms with E-state index in [4.69, 9.17) is 23.9 Å². The zero-order valence-electron chi connectivity index (χ0n) is 19.3. The Hall–Kier alpha value is -3.41. The van der Waals surface area contributed by atoms with E-state index in [1.165, 1.54) is 0 Å². The highest BCUT2D eigenvalue weighted by molar-refractivity contribution is 5.83. The summed E-state index contributed by atoms with van der Waals surface area (Å²) in [5.41, 5.74) is 3.82. The first-order valence-electron chi connectivity index (χ1n) is 11.7. The summed E-state index contributed by atoms with van der Waals surface area (Å²) in [6.07, 6.45) is 4.59. The van der Waals surface area contributed by atoms with Crippen LogP contribution in [0.1, 0.15) is 29.5 Å². The normalized spacial score (nSPS) is 18.1. The van der Waals surface area contributed by atoms with Gasteiger partial charge >= 0.3 is 0 Å². The number of benzene rings is 2. The molecule has 3 heterocycles. The van der Waals surface area contributed by atoms with E-state index in [0.29, 0.717) is 54.3 Å². The molecule has 8 nitrogen and oxygen atoms in total. The number of rotatable bonds is 7. The maximum Gasteiger partial charge on any atom is 0.161 e. The molecule has 2 aliphatic rings. The van der Waals surface area contributed by atoms with Crippen molar-refractivity contribution in [3.05, 3.63) is 53.2 Å². The molecule has 1 aromatic heterocycles. The number of nitrogens with zero attached hydrogens (tertiary/aromatic N) is 4. The van der Waals surface area contributed by atoms with Gasteiger partial charge in [-0.2, -0.15) is 5.26 Å². The van der Waals surface area contributed by atoms with Crippen LogP contribution < -0.4 is 14.4 Å². The minimum atomic E-state index is 0.142. The molecule has 0 radical (unpaired) electrons. The molecular formula is C26H28N4O4. The molecule has 176 valence electrons. The van der Waals surface area contributed by atoms with E-state index in [9.17, 15) is 5.26 Å². The maximum atomic E-state index is 10.0. The second-order valence-corrected chi connectivity index (χ2v) is 8.51. The largest absolute Gasteiger partial charge is 0.493 e. The molecule has 0 amide bonds. The molecule has 1 atom stereocenters. The summed E-state index contributed by atoms with van der Waals surface area (Å²) in [7, 11) is 1.64. The number of morpholine rings is 1. The minimum absolute atomic E-state index is 0.142. The highest BCUT2D eigenvalue weighted by atomic mass is 16.5.